The van der Waals surface area contributed by atoms with Gasteiger partial charge in [-0.05, 0) is 25.1 Å². The molecule has 0 amide bonds. The number of esters is 1. The lowest BCUT2D eigenvalue weighted by atomic mass is 10.2. The number of carbonyl (C=O) groups excluding carboxylic acids is 1. The monoisotopic (exact) mass is 344 g/mol. The fourth-order valence-corrected chi connectivity index (χ4v) is 3.11. The van der Waals surface area contributed by atoms with Gasteiger partial charge in [-0.1, -0.05) is 6.07 Å². The summed E-state index contributed by atoms with van der Waals surface area (Å²) in [7, 11) is 3.05. The number of nitrogens with zero attached hydrogens (tertiary/aromatic N) is 2. The number of methoxy groups -OCH3 is 2. The second-order valence-electron chi connectivity index (χ2n) is 6.18. The summed E-state index contributed by atoms with van der Waals surface area (Å²) in [5, 5.41) is 0. The molecule has 3 rings (SSSR count). The molecule has 1 aromatic heterocycles. The fraction of sp³-hybridized carbons (Fsp3) is 0.421. The van der Waals surface area contributed by atoms with Crippen molar-refractivity contribution in [3.8, 4) is 5.75 Å². The predicted molar refractivity (Wildman–Crippen MR) is 95.3 cm³/mol. The minimum Gasteiger partial charge on any atom is -0.497 e. The standard InChI is InChI=1S/C19H24N2O4/c1-14-11-17(25-18(14)19(22)24-3)13-20-7-9-21(10-8-20)15-5-4-6-16(12-15)23-2/h4-6,11-12H,7-10,13H2,1-3H3. The van der Waals surface area contributed by atoms with E-state index >= 15 is 0 Å². The quantitative estimate of drug-likeness (QED) is 0.778. The smallest absolute Gasteiger partial charge is 0.374 e. The van der Waals surface area contributed by atoms with Crippen LogP contribution in [-0.4, -0.2) is 51.3 Å². The number of rotatable bonds is 5. The van der Waals surface area contributed by atoms with Gasteiger partial charge >= 0.3 is 5.97 Å². The van der Waals surface area contributed by atoms with Crippen LogP contribution in [0.3, 0.4) is 0 Å². The lowest BCUT2D eigenvalue weighted by molar-refractivity contribution is 0.0560. The number of anilines is 1. The van der Waals surface area contributed by atoms with Gasteiger partial charge in [-0.3, -0.25) is 4.90 Å². The van der Waals surface area contributed by atoms with Crippen molar-refractivity contribution in [1.29, 1.82) is 0 Å². The van der Waals surface area contributed by atoms with Gasteiger partial charge in [-0.15, -0.1) is 0 Å². The highest BCUT2D eigenvalue weighted by Crippen LogP contribution is 2.23. The van der Waals surface area contributed by atoms with Crippen molar-refractivity contribution >= 4 is 11.7 Å². The molecule has 0 radical (unpaired) electrons. The van der Waals surface area contributed by atoms with Crippen LogP contribution in [0.15, 0.2) is 34.7 Å². The summed E-state index contributed by atoms with van der Waals surface area (Å²) in [5.41, 5.74) is 2.00. The van der Waals surface area contributed by atoms with Crippen molar-refractivity contribution in [2.24, 2.45) is 0 Å². The number of aryl methyl sites for hydroxylation is 1. The number of hydrogen-bond acceptors (Lipinski definition) is 6. The molecule has 0 bridgehead atoms. The summed E-state index contributed by atoms with van der Waals surface area (Å²) in [6, 6.07) is 10.1. The number of carbonyl (C=O) groups is 1. The molecule has 1 aliphatic rings. The van der Waals surface area contributed by atoms with Crippen molar-refractivity contribution in [3.05, 3.63) is 47.4 Å². The van der Waals surface area contributed by atoms with Crippen LogP contribution in [0.5, 0.6) is 5.75 Å². The molecule has 1 saturated heterocycles. The Morgan fingerprint density at radius 1 is 1.16 bits per heavy atom. The molecule has 6 heteroatoms. The molecule has 0 N–H and O–H groups in total. The van der Waals surface area contributed by atoms with Crippen molar-refractivity contribution in [1.82, 2.24) is 4.90 Å². The van der Waals surface area contributed by atoms with E-state index in [-0.39, 0.29) is 0 Å². The maximum Gasteiger partial charge on any atom is 0.374 e. The van der Waals surface area contributed by atoms with Crippen LogP contribution in [0.1, 0.15) is 21.9 Å². The molecule has 1 aromatic carbocycles. The first-order chi connectivity index (χ1) is 12.1. The Morgan fingerprint density at radius 3 is 2.60 bits per heavy atom. The molecule has 134 valence electrons. The van der Waals surface area contributed by atoms with Gasteiger partial charge in [0.1, 0.15) is 11.5 Å². The van der Waals surface area contributed by atoms with E-state index in [1.165, 1.54) is 12.8 Å². The summed E-state index contributed by atoms with van der Waals surface area (Å²) >= 11 is 0. The predicted octanol–water partition coefficient (Wildman–Crippen LogP) is 2.71. The van der Waals surface area contributed by atoms with E-state index in [0.717, 1.165) is 43.3 Å². The van der Waals surface area contributed by atoms with Crippen LogP contribution in [0, 0.1) is 6.92 Å². The highest BCUT2D eigenvalue weighted by atomic mass is 16.5. The molecule has 0 aliphatic carbocycles. The topological polar surface area (TPSA) is 55.2 Å². The second-order valence-corrected chi connectivity index (χ2v) is 6.18. The first-order valence-electron chi connectivity index (χ1n) is 8.39. The molecule has 0 unspecified atom stereocenters. The largest absolute Gasteiger partial charge is 0.497 e. The third-order valence-electron chi connectivity index (χ3n) is 4.51. The van der Waals surface area contributed by atoms with Gasteiger partial charge in [0.05, 0.1) is 20.8 Å². The van der Waals surface area contributed by atoms with E-state index in [4.69, 9.17) is 13.9 Å². The van der Waals surface area contributed by atoms with Crippen molar-refractivity contribution in [2.45, 2.75) is 13.5 Å². The summed E-state index contributed by atoms with van der Waals surface area (Å²) in [5.74, 6) is 1.55. The van der Waals surface area contributed by atoms with Crippen LogP contribution < -0.4 is 9.64 Å². The van der Waals surface area contributed by atoms with Gasteiger partial charge in [-0.2, -0.15) is 0 Å². The zero-order chi connectivity index (χ0) is 17.8. The van der Waals surface area contributed by atoms with Crippen molar-refractivity contribution in [3.63, 3.8) is 0 Å². The summed E-state index contributed by atoms with van der Waals surface area (Å²) in [4.78, 5) is 16.3. The van der Waals surface area contributed by atoms with Gasteiger partial charge in [0.25, 0.3) is 0 Å². The Balaban J connectivity index is 1.58. The van der Waals surface area contributed by atoms with E-state index in [1.54, 1.807) is 7.11 Å². The highest BCUT2D eigenvalue weighted by molar-refractivity contribution is 5.87. The molecular weight excluding hydrogens is 320 g/mol. The van der Waals surface area contributed by atoms with Gasteiger partial charge in [0, 0.05) is 43.5 Å². The number of piperazine rings is 1. The second kappa shape index (κ2) is 7.61. The van der Waals surface area contributed by atoms with E-state index in [2.05, 4.69) is 21.9 Å². The molecule has 0 saturated carbocycles. The molecule has 0 spiro atoms. The van der Waals surface area contributed by atoms with Crippen molar-refractivity contribution in [2.75, 3.05) is 45.3 Å². The molecule has 1 fully saturated rings. The zero-order valence-corrected chi connectivity index (χ0v) is 14.9. The maximum absolute atomic E-state index is 11.6. The van der Waals surface area contributed by atoms with Gasteiger partial charge in [0.15, 0.2) is 0 Å². The molecule has 25 heavy (non-hydrogen) atoms. The molecular formula is C19H24N2O4. The Hall–Kier alpha value is -2.47. The lowest BCUT2D eigenvalue weighted by Gasteiger charge is -2.35. The first-order valence-corrected chi connectivity index (χ1v) is 8.39. The molecule has 1 aliphatic heterocycles. The Labute approximate surface area is 147 Å². The van der Waals surface area contributed by atoms with E-state index in [9.17, 15) is 4.79 Å². The van der Waals surface area contributed by atoms with E-state index in [0.29, 0.717) is 12.3 Å². The van der Waals surface area contributed by atoms with Gasteiger partial charge < -0.3 is 18.8 Å². The molecule has 6 nitrogen and oxygen atoms in total. The average Bonchev–Trinajstić information content (AvgIpc) is 3.02. The summed E-state index contributed by atoms with van der Waals surface area (Å²) in [6.45, 7) is 6.31. The molecule has 2 heterocycles. The highest BCUT2D eigenvalue weighted by Gasteiger charge is 2.21. The summed E-state index contributed by atoms with van der Waals surface area (Å²) in [6.07, 6.45) is 0. The molecule has 0 atom stereocenters. The fourth-order valence-electron chi connectivity index (χ4n) is 3.11. The number of ether oxygens (including phenoxy) is 2. The normalized spacial score (nSPS) is 15.2. The first kappa shape index (κ1) is 17.4. The maximum atomic E-state index is 11.6. The number of hydrogen-bond donors (Lipinski definition) is 0. The number of benzene rings is 1. The van der Waals surface area contributed by atoms with Crippen molar-refractivity contribution < 1.29 is 18.7 Å². The third-order valence-corrected chi connectivity index (χ3v) is 4.51. The SMILES string of the molecule is COC(=O)c1oc(CN2CCN(c3cccc(OC)c3)CC2)cc1C. The Bertz CT molecular complexity index is 733. The van der Waals surface area contributed by atoms with Gasteiger partial charge in [-0.25, -0.2) is 4.79 Å². The van der Waals surface area contributed by atoms with Crippen LogP contribution >= 0.6 is 0 Å². The minimum atomic E-state index is -0.424. The molecule has 2 aromatic rings. The van der Waals surface area contributed by atoms with E-state index < -0.39 is 5.97 Å². The minimum absolute atomic E-state index is 0.299. The average molecular weight is 344 g/mol. The van der Waals surface area contributed by atoms with E-state index in [1.807, 2.05) is 25.1 Å². The summed E-state index contributed by atoms with van der Waals surface area (Å²) < 4.78 is 15.7. The Kier molecular flexibility index (Phi) is 5.28. The third kappa shape index (κ3) is 3.96. The Morgan fingerprint density at radius 2 is 1.92 bits per heavy atom. The van der Waals surface area contributed by atoms with Crippen LogP contribution in [0.25, 0.3) is 0 Å². The van der Waals surface area contributed by atoms with Crippen LogP contribution in [-0.2, 0) is 11.3 Å². The van der Waals surface area contributed by atoms with Crippen LogP contribution in [0.4, 0.5) is 5.69 Å². The van der Waals surface area contributed by atoms with Gasteiger partial charge in [0.2, 0.25) is 5.76 Å². The van der Waals surface area contributed by atoms with Crippen LogP contribution in [0.2, 0.25) is 0 Å². The zero-order valence-electron chi connectivity index (χ0n) is 14.9. The number of furan rings is 1. The lowest BCUT2D eigenvalue weighted by Crippen LogP contribution is -2.45.